The maximum atomic E-state index is 6.18. The van der Waals surface area contributed by atoms with Crippen LogP contribution >= 0.6 is 0 Å². The molecule has 106 valence electrons. The molecule has 2 aromatic rings. The quantitative estimate of drug-likeness (QED) is 0.865. The number of fused-ring (bicyclic) bond motifs is 1. The van der Waals surface area contributed by atoms with Crippen molar-refractivity contribution < 1.29 is 0 Å². The van der Waals surface area contributed by atoms with E-state index in [1.807, 2.05) is 0 Å². The lowest BCUT2D eigenvalue weighted by molar-refractivity contribution is 0.291. The summed E-state index contributed by atoms with van der Waals surface area (Å²) in [5.41, 5.74) is 7.99. The normalized spacial score (nSPS) is 26.2. The third-order valence-corrected chi connectivity index (χ3v) is 5.26. The maximum Gasteiger partial charge on any atom is -0.00172 e. The SMILES string of the molecule is CCC1CCC(CN)(Cc2cccc3ccccc23)C1. The second-order valence-electron chi connectivity index (χ2n) is 6.54. The first-order valence-corrected chi connectivity index (χ1v) is 7.93. The fraction of sp³-hybridized carbons (Fsp3) is 0.474. The van der Waals surface area contributed by atoms with Gasteiger partial charge >= 0.3 is 0 Å². The van der Waals surface area contributed by atoms with E-state index in [-0.39, 0.29) is 0 Å². The molecule has 1 heteroatoms. The zero-order valence-electron chi connectivity index (χ0n) is 12.4. The number of hydrogen-bond acceptors (Lipinski definition) is 1. The van der Waals surface area contributed by atoms with Gasteiger partial charge in [0.2, 0.25) is 0 Å². The van der Waals surface area contributed by atoms with Crippen molar-refractivity contribution in [2.75, 3.05) is 6.54 Å². The Labute approximate surface area is 122 Å². The zero-order valence-corrected chi connectivity index (χ0v) is 12.4. The minimum Gasteiger partial charge on any atom is -0.330 e. The van der Waals surface area contributed by atoms with Gasteiger partial charge in [-0.1, -0.05) is 55.8 Å². The van der Waals surface area contributed by atoms with E-state index < -0.39 is 0 Å². The highest BCUT2D eigenvalue weighted by Crippen LogP contribution is 2.45. The molecule has 0 heterocycles. The first-order chi connectivity index (χ1) is 9.76. The summed E-state index contributed by atoms with van der Waals surface area (Å²) in [6.45, 7) is 3.14. The zero-order chi connectivity index (χ0) is 14.0. The van der Waals surface area contributed by atoms with Crippen molar-refractivity contribution in [1.29, 1.82) is 0 Å². The summed E-state index contributed by atoms with van der Waals surface area (Å²) in [5.74, 6) is 0.883. The number of rotatable bonds is 4. The highest BCUT2D eigenvalue weighted by Gasteiger charge is 2.37. The summed E-state index contributed by atoms with van der Waals surface area (Å²) >= 11 is 0. The van der Waals surface area contributed by atoms with E-state index >= 15 is 0 Å². The van der Waals surface area contributed by atoms with Gasteiger partial charge in [0.1, 0.15) is 0 Å². The molecule has 3 rings (SSSR count). The lowest BCUT2D eigenvalue weighted by Gasteiger charge is -2.28. The van der Waals surface area contributed by atoms with Gasteiger partial charge in [-0.05, 0) is 59.9 Å². The van der Waals surface area contributed by atoms with Crippen molar-refractivity contribution in [1.82, 2.24) is 0 Å². The minimum atomic E-state index is 0.338. The van der Waals surface area contributed by atoms with Gasteiger partial charge in [0.05, 0.1) is 0 Å². The molecule has 0 aromatic heterocycles. The van der Waals surface area contributed by atoms with E-state index in [1.165, 1.54) is 42.0 Å². The average molecular weight is 267 g/mol. The lowest BCUT2D eigenvalue weighted by atomic mass is 9.78. The molecule has 2 N–H and O–H groups in total. The van der Waals surface area contributed by atoms with E-state index in [1.54, 1.807) is 0 Å². The second-order valence-corrected chi connectivity index (χ2v) is 6.54. The van der Waals surface area contributed by atoms with Crippen LogP contribution in [0.2, 0.25) is 0 Å². The Balaban J connectivity index is 1.92. The van der Waals surface area contributed by atoms with Crippen LogP contribution in [0.3, 0.4) is 0 Å². The molecule has 0 saturated heterocycles. The fourth-order valence-corrected chi connectivity index (χ4v) is 3.94. The third-order valence-electron chi connectivity index (χ3n) is 5.26. The van der Waals surface area contributed by atoms with Gasteiger partial charge in [0.15, 0.2) is 0 Å². The lowest BCUT2D eigenvalue weighted by Crippen LogP contribution is -2.30. The van der Waals surface area contributed by atoms with Gasteiger partial charge in [0, 0.05) is 0 Å². The van der Waals surface area contributed by atoms with E-state index in [0.29, 0.717) is 5.41 Å². The highest BCUT2D eigenvalue weighted by molar-refractivity contribution is 5.85. The van der Waals surface area contributed by atoms with Gasteiger partial charge in [-0.15, -0.1) is 0 Å². The predicted octanol–water partition coefficient (Wildman–Crippen LogP) is 4.54. The highest BCUT2D eigenvalue weighted by atomic mass is 14.6. The molecule has 1 saturated carbocycles. The standard InChI is InChI=1S/C19H25N/c1-2-15-10-11-19(12-15,14-20)13-17-8-5-7-16-6-3-4-9-18(16)17/h3-9,15H,2,10-14,20H2,1H3. The van der Waals surface area contributed by atoms with Crippen LogP contribution in [0.25, 0.3) is 10.8 Å². The molecule has 2 unspecified atom stereocenters. The molecule has 1 aliphatic rings. The van der Waals surface area contributed by atoms with Crippen molar-refractivity contribution in [2.24, 2.45) is 17.1 Å². The predicted molar refractivity (Wildman–Crippen MR) is 86.8 cm³/mol. The molecule has 0 bridgehead atoms. The Kier molecular flexibility index (Phi) is 3.80. The maximum absolute atomic E-state index is 6.18. The van der Waals surface area contributed by atoms with Crippen LogP contribution in [0.5, 0.6) is 0 Å². The van der Waals surface area contributed by atoms with Crippen LogP contribution in [-0.4, -0.2) is 6.54 Å². The molecule has 20 heavy (non-hydrogen) atoms. The van der Waals surface area contributed by atoms with E-state index in [9.17, 15) is 0 Å². The van der Waals surface area contributed by atoms with Gasteiger partial charge in [-0.3, -0.25) is 0 Å². The molecule has 2 aromatic carbocycles. The molecule has 1 fully saturated rings. The number of nitrogens with two attached hydrogens (primary N) is 1. The van der Waals surface area contributed by atoms with Crippen molar-refractivity contribution in [2.45, 2.75) is 39.0 Å². The summed E-state index contributed by atoms with van der Waals surface area (Å²) in [6.07, 6.45) is 6.41. The largest absolute Gasteiger partial charge is 0.330 e. The summed E-state index contributed by atoms with van der Waals surface area (Å²) in [6, 6.07) is 15.4. The Morgan fingerprint density at radius 3 is 2.70 bits per heavy atom. The minimum absolute atomic E-state index is 0.338. The van der Waals surface area contributed by atoms with Crippen molar-refractivity contribution >= 4 is 10.8 Å². The molecule has 2 atom stereocenters. The molecular formula is C19H25N. The van der Waals surface area contributed by atoms with Crippen LogP contribution in [0, 0.1) is 11.3 Å². The summed E-state index contributed by atoms with van der Waals surface area (Å²) in [5, 5.41) is 2.75. The van der Waals surface area contributed by atoms with Crippen molar-refractivity contribution in [3.63, 3.8) is 0 Å². The first kappa shape index (κ1) is 13.6. The topological polar surface area (TPSA) is 26.0 Å². The van der Waals surface area contributed by atoms with Crippen molar-refractivity contribution in [3.8, 4) is 0 Å². The smallest absolute Gasteiger partial charge is 0.00172 e. The van der Waals surface area contributed by atoms with Gasteiger partial charge in [-0.2, -0.15) is 0 Å². The number of benzene rings is 2. The van der Waals surface area contributed by atoms with Crippen LogP contribution < -0.4 is 5.73 Å². The Morgan fingerprint density at radius 1 is 1.15 bits per heavy atom. The van der Waals surface area contributed by atoms with Crippen LogP contribution in [-0.2, 0) is 6.42 Å². The van der Waals surface area contributed by atoms with Gasteiger partial charge < -0.3 is 5.73 Å². The van der Waals surface area contributed by atoms with E-state index in [2.05, 4.69) is 49.4 Å². The molecule has 0 spiro atoms. The molecule has 0 aliphatic heterocycles. The number of hydrogen-bond donors (Lipinski definition) is 1. The van der Waals surface area contributed by atoms with Crippen LogP contribution in [0.1, 0.15) is 38.2 Å². The fourth-order valence-electron chi connectivity index (χ4n) is 3.94. The Bertz CT molecular complexity index is 584. The molecule has 1 aliphatic carbocycles. The van der Waals surface area contributed by atoms with Crippen LogP contribution in [0.15, 0.2) is 42.5 Å². The Hall–Kier alpha value is -1.34. The van der Waals surface area contributed by atoms with Gasteiger partial charge in [-0.25, -0.2) is 0 Å². The molecular weight excluding hydrogens is 242 g/mol. The summed E-state index contributed by atoms with van der Waals surface area (Å²) in [7, 11) is 0. The van der Waals surface area contributed by atoms with Gasteiger partial charge in [0.25, 0.3) is 0 Å². The second kappa shape index (κ2) is 5.57. The first-order valence-electron chi connectivity index (χ1n) is 7.93. The van der Waals surface area contributed by atoms with Crippen molar-refractivity contribution in [3.05, 3.63) is 48.0 Å². The molecule has 0 amide bonds. The monoisotopic (exact) mass is 267 g/mol. The molecule has 0 radical (unpaired) electrons. The average Bonchev–Trinajstić information content (AvgIpc) is 2.92. The van der Waals surface area contributed by atoms with Crippen LogP contribution in [0.4, 0.5) is 0 Å². The van der Waals surface area contributed by atoms with E-state index in [0.717, 1.165) is 18.9 Å². The molecule has 1 nitrogen and oxygen atoms in total. The summed E-state index contributed by atoms with van der Waals surface area (Å²) in [4.78, 5) is 0. The van der Waals surface area contributed by atoms with E-state index in [4.69, 9.17) is 5.73 Å². The third kappa shape index (κ3) is 2.47. The Morgan fingerprint density at radius 2 is 1.95 bits per heavy atom. The summed E-state index contributed by atoms with van der Waals surface area (Å²) < 4.78 is 0.